The Morgan fingerprint density at radius 3 is 2.18 bits per heavy atom. The zero-order valence-corrected chi connectivity index (χ0v) is 24.1. The van der Waals surface area contributed by atoms with E-state index < -0.39 is 0 Å². The number of aryl methyl sites for hydroxylation is 3. The molecule has 3 aromatic carbocycles. The molecule has 0 aliphatic carbocycles. The Hall–Kier alpha value is -3.65. The Balaban J connectivity index is 1.72. The van der Waals surface area contributed by atoms with Crippen molar-refractivity contribution in [1.29, 1.82) is 0 Å². The molecule has 1 atom stereocenters. The molecule has 2 nitrogen and oxygen atoms in total. The molecule has 4 aromatic rings. The Kier molecular flexibility index (Phi) is 8.52. The van der Waals surface area contributed by atoms with Crippen LogP contribution in [0, 0.1) is 32.6 Å². The Labute approximate surface area is 229 Å². The van der Waals surface area contributed by atoms with E-state index in [9.17, 15) is 0 Å². The van der Waals surface area contributed by atoms with Crippen molar-refractivity contribution in [1.82, 2.24) is 9.55 Å². The second kappa shape index (κ2) is 11.8. The largest absolute Gasteiger partial charge is 0.300 e. The Morgan fingerprint density at radius 2 is 1.55 bits per heavy atom. The number of nitrogens with zero attached hydrogens (tertiary/aromatic N) is 2. The van der Waals surface area contributed by atoms with Crippen LogP contribution in [0.25, 0.3) is 28.2 Å². The average molecular weight is 503 g/mol. The minimum atomic E-state index is 0.350. The molecule has 4 rings (SSSR count). The van der Waals surface area contributed by atoms with Crippen LogP contribution in [-0.2, 0) is 0 Å². The van der Waals surface area contributed by atoms with Gasteiger partial charge in [0.2, 0.25) is 0 Å². The van der Waals surface area contributed by atoms with Gasteiger partial charge in [0.15, 0.2) is 0 Å². The van der Waals surface area contributed by atoms with Crippen LogP contribution in [0.1, 0.15) is 62.3 Å². The summed E-state index contributed by atoms with van der Waals surface area (Å²) in [5, 5.41) is 0. The quantitative estimate of drug-likeness (QED) is 0.208. The molecule has 1 unspecified atom stereocenters. The van der Waals surface area contributed by atoms with Crippen LogP contribution in [0.5, 0.6) is 0 Å². The molecule has 0 radical (unpaired) electrons. The van der Waals surface area contributed by atoms with Gasteiger partial charge in [0.05, 0.1) is 0 Å². The lowest BCUT2D eigenvalue weighted by Crippen LogP contribution is -2.09. The number of allylic oxidation sites excluding steroid dienone is 3. The van der Waals surface area contributed by atoms with Crippen LogP contribution in [0.4, 0.5) is 0 Å². The van der Waals surface area contributed by atoms with Crippen LogP contribution in [0.15, 0.2) is 97.4 Å². The SMILES string of the molecule is C=C(/C(=C\CC(c1ccccc1)C(C)C)C(C)C)n1ccnc1-c1cc(-c2c(C)cccc2C)ccc1C. The summed E-state index contributed by atoms with van der Waals surface area (Å²) in [7, 11) is 0. The van der Waals surface area contributed by atoms with Crippen molar-refractivity contribution in [3.8, 4) is 22.5 Å². The van der Waals surface area contributed by atoms with Crippen molar-refractivity contribution >= 4 is 5.70 Å². The van der Waals surface area contributed by atoms with Gasteiger partial charge in [-0.3, -0.25) is 0 Å². The lowest BCUT2D eigenvalue weighted by atomic mass is 9.84. The molecule has 0 fully saturated rings. The lowest BCUT2D eigenvalue weighted by Gasteiger charge is -2.23. The van der Waals surface area contributed by atoms with Gasteiger partial charge in [-0.05, 0) is 90.0 Å². The van der Waals surface area contributed by atoms with Gasteiger partial charge in [0, 0.05) is 23.7 Å². The van der Waals surface area contributed by atoms with E-state index in [1.54, 1.807) is 0 Å². The molecule has 0 saturated heterocycles. The van der Waals surface area contributed by atoms with Crippen molar-refractivity contribution in [2.75, 3.05) is 0 Å². The smallest absolute Gasteiger partial charge is 0.144 e. The molecule has 0 aliphatic heterocycles. The van der Waals surface area contributed by atoms with E-state index in [1.165, 1.54) is 39.0 Å². The summed E-state index contributed by atoms with van der Waals surface area (Å²) in [6.07, 6.45) is 7.34. The molecule has 1 aromatic heterocycles. The van der Waals surface area contributed by atoms with Gasteiger partial charge >= 0.3 is 0 Å². The number of aromatic nitrogens is 2. The molecule has 38 heavy (non-hydrogen) atoms. The predicted molar refractivity (Wildman–Crippen MR) is 164 cm³/mol. The second-order valence-electron chi connectivity index (χ2n) is 11.2. The topological polar surface area (TPSA) is 17.8 Å². The fourth-order valence-electron chi connectivity index (χ4n) is 5.58. The molecule has 0 saturated carbocycles. The van der Waals surface area contributed by atoms with Crippen LogP contribution in [0.2, 0.25) is 0 Å². The highest BCUT2D eigenvalue weighted by atomic mass is 15.1. The minimum Gasteiger partial charge on any atom is -0.300 e. The zero-order chi connectivity index (χ0) is 27.4. The number of imidazole rings is 1. The maximum absolute atomic E-state index is 4.84. The fourth-order valence-corrected chi connectivity index (χ4v) is 5.58. The molecule has 0 N–H and O–H groups in total. The monoisotopic (exact) mass is 502 g/mol. The van der Waals surface area contributed by atoms with Crippen molar-refractivity contribution in [3.05, 3.63) is 120 Å². The van der Waals surface area contributed by atoms with Gasteiger partial charge in [0.1, 0.15) is 5.82 Å². The maximum Gasteiger partial charge on any atom is 0.144 e. The first-order valence-electron chi connectivity index (χ1n) is 13.8. The lowest BCUT2D eigenvalue weighted by molar-refractivity contribution is 0.500. The predicted octanol–water partition coefficient (Wildman–Crippen LogP) is 10.0. The third-order valence-electron chi connectivity index (χ3n) is 7.76. The van der Waals surface area contributed by atoms with E-state index in [0.29, 0.717) is 17.8 Å². The first kappa shape index (κ1) is 27.4. The van der Waals surface area contributed by atoms with E-state index in [4.69, 9.17) is 4.98 Å². The zero-order valence-electron chi connectivity index (χ0n) is 24.1. The molecule has 0 amide bonds. The minimum absolute atomic E-state index is 0.350. The summed E-state index contributed by atoms with van der Waals surface area (Å²) < 4.78 is 2.18. The van der Waals surface area contributed by atoms with E-state index in [1.807, 2.05) is 6.20 Å². The highest BCUT2D eigenvalue weighted by Gasteiger charge is 2.19. The molecule has 196 valence electrons. The molecule has 0 spiro atoms. The first-order valence-corrected chi connectivity index (χ1v) is 13.8. The highest BCUT2D eigenvalue weighted by Crippen LogP contribution is 2.35. The van der Waals surface area contributed by atoms with E-state index >= 15 is 0 Å². The van der Waals surface area contributed by atoms with E-state index in [0.717, 1.165) is 23.5 Å². The van der Waals surface area contributed by atoms with Crippen molar-refractivity contribution < 1.29 is 0 Å². The van der Waals surface area contributed by atoms with Gasteiger partial charge < -0.3 is 4.57 Å². The van der Waals surface area contributed by atoms with Gasteiger partial charge in [0.25, 0.3) is 0 Å². The third kappa shape index (κ3) is 5.75. The highest BCUT2D eigenvalue weighted by molar-refractivity contribution is 5.78. The second-order valence-corrected chi connectivity index (χ2v) is 11.2. The van der Waals surface area contributed by atoms with E-state index in [-0.39, 0.29) is 0 Å². The van der Waals surface area contributed by atoms with Crippen LogP contribution in [0.3, 0.4) is 0 Å². The molecular weight excluding hydrogens is 460 g/mol. The summed E-state index contributed by atoms with van der Waals surface area (Å²) in [4.78, 5) is 4.84. The van der Waals surface area contributed by atoms with Crippen molar-refractivity contribution in [3.63, 3.8) is 0 Å². The van der Waals surface area contributed by atoms with Crippen LogP contribution < -0.4 is 0 Å². The average Bonchev–Trinajstić information content (AvgIpc) is 3.37. The fraction of sp³-hybridized carbons (Fsp3) is 0.306. The summed E-state index contributed by atoms with van der Waals surface area (Å²) in [6, 6.07) is 24.1. The van der Waals surface area contributed by atoms with Crippen molar-refractivity contribution in [2.45, 2.75) is 60.8 Å². The standard InChI is InChI=1S/C36H42N2/c1-24(2)32(19-20-33(25(3)4)30-15-10-9-11-16-30)29(8)38-22-21-37-36(38)34-23-31(18-17-26(34)5)35-27(6)13-12-14-28(35)7/h9-19,21-25,33H,8,20H2,1-7H3/b32-19-. The summed E-state index contributed by atoms with van der Waals surface area (Å²) in [5.74, 6) is 2.31. The molecule has 1 heterocycles. The third-order valence-corrected chi connectivity index (χ3v) is 7.76. The first-order chi connectivity index (χ1) is 18.2. The molecule has 0 bridgehead atoms. The number of benzene rings is 3. The van der Waals surface area contributed by atoms with Crippen LogP contribution in [-0.4, -0.2) is 9.55 Å². The molecule has 0 aliphatic rings. The summed E-state index contributed by atoms with van der Waals surface area (Å²) in [6.45, 7) is 20.3. The number of hydrogen-bond acceptors (Lipinski definition) is 1. The molecule has 2 heteroatoms. The number of hydrogen-bond donors (Lipinski definition) is 0. The normalized spacial score (nSPS) is 12.8. The van der Waals surface area contributed by atoms with Gasteiger partial charge in [-0.2, -0.15) is 0 Å². The summed E-state index contributed by atoms with van der Waals surface area (Å²) in [5.41, 5.74) is 11.1. The van der Waals surface area contributed by atoms with E-state index in [2.05, 4.69) is 139 Å². The maximum atomic E-state index is 4.84. The van der Waals surface area contributed by atoms with Gasteiger partial charge in [-0.1, -0.05) is 101 Å². The molecular formula is C36H42N2. The van der Waals surface area contributed by atoms with Crippen molar-refractivity contribution in [2.24, 2.45) is 11.8 Å². The Bertz CT molecular complexity index is 1410. The number of rotatable bonds is 9. The Morgan fingerprint density at radius 1 is 0.868 bits per heavy atom. The van der Waals surface area contributed by atoms with Gasteiger partial charge in [-0.15, -0.1) is 0 Å². The van der Waals surface area contributed by atoms with Crippen LogP contribution >= 0.6 is 0 Å². The summed E-state index contributed by atoms with van der Waals surface area (Å²) >= 11 is 0. The van der Waals surface area contributed by atoms with Gasteiger partial charge in [-0.25, -0.2) is 4.98 Å².